The predicted molar refractivity (Wildman–Crippen MR) is 74.3 cm³/mol. The molecule has 2 heterocycles. The quantitative estimate of drug-likeness (QED) is 0.746. The van der Waals surface area contributed by atoms with Gasteiger partial charge >= 0.3 is 0 Å². The summed E-state index contributed by atoms with van der Waals surface area (Å²) in [6.45, 7) is 6.45. The van der Waals surface area contributed by atoms with Gasteiger partial charge in [0.25, 0.3) is 0 Å². The first kappa shape index (κ1) is 13.4. The van der Waals surface area contributed by atoms with Crippen molar-refractivity contribution in [3.8, 4) is 0 Å². The van der Waals surface area contributed by atoms with Crippen molar-refractivity contribution in [3.63, 3.8) is 0 Å². The summed E-state index contributed by atoms with van der Waals surface area (Å²) in [7, 11) is 4.58. The lowest BCUT2D eigenvalue weighted by Gasteiger charge is -2.40. The molecule has 100 valence electrons. The molecule has 2 heteroatoms. The summed E-state index contributed by atoms with van der Waals surface area (Å²) in [5.74, 6) is 0. The molecule has 17 heavy (non-hydrogen) atoms. The van der Waals surface area contributed by atoms with Gasteiger partial charge in [-0.15, -0.1) is 0 Å². The van der Waals surface area contributed by atoms with Crippen LogP contribution in [-0.4, -0.2) is 49.6 Å². The molecule has 1 atom stereocenters. The lowest BCUT2D eigenvalue weighted by molar-refractivity contribution is 0.103. The van der Waals surface area contributed by atoms with Crippen LogP contribution in [0.15, 0.2) is 0 Å². The summed E-state index contributed by atoms with van der Waals surface area (Å²) < 4.78 is 0. The second-order valence-electron chi connectivity index (χ2n) is 6.78. The standard InChI is InChI=1S/C15H30N2/c1-15(9-12-16(2)13-10-15)8-7-14-6-4-5-11-17(14)3/h14H,4-13H2,1-3H3. The molecular formula is C15H30N2. The molecule has 0 aromatic heterocycles. The first-order valence-corrected chi connectivity index (χ1v) is 7.48. The van der Waals surface area contributed by atoms with E-state index in [-0.39, 0.29) is 0 Å². The number of piperidine rings is 2. The first-order chi connectivity index (χ1) is 8.09. The molecule has 2 aliphatic heterocycles. The van der Waals surface area contributed by atoms with E-state index in [9.17, 15) is 0 Å². The van der Waals surface area contributed by atoms with Crippen molar-refractivity contribution in [1.82, 2.24) is 9.80 Å². The molecule has 0 radical (unpaired) electrons. The molecule has 0 N–H and O–H groups in total. The van der Waals surface area contributed by atoms with E-state index in [1.807, 2.05) is 0 Å². The number of rotatable bonds is 3. The van der Waals surface area contributed by atoms with Crippen molar-refractivity contribution in [2.45, 2.75) is 57.9 Å². The first-order valence-electron chi connectivity index (χ1n) is 7.48. The maximum atomic E-state index is 2.60. The Morgan fingerprint density at radius 1 is 1.06 bits per heavy atom. The van der Waals surface area contributed by atoms with Crippen molar-refractivity contribution in [3.05, 3.63) is 0 Å². The molecule has 2 aliphatic rings. The molecule has 0 bridgehead atoms. The van der Waals surface area contributed by atoms with Gasteiger partial charge in [0.15, 0.2) is 0 Å². The predicted octanol–water partition coefficient (Wildman–Crippen LogP) is 2.98. The highest BCUT2D eigenvalue weighted by atomic mass is 15.1. The van der Waals surface area contributed by atoms with Gasteiger partial charge in [-0.05, 0) is 77.7 Å². The van der Waals surface area contributed by atoms with Crippen LogP contribution < -0.4 is 0 Å². The third-order valence-electron chi connectivity index (χ3n) is 5.20. The van der Waals surface area contributed by atoms with Crippen molar-refractivity contribution in [1.29, 1.82) is 0 Å². The number of nitrogens with zero attached hydrogens (tertiary/aromatic N) is 2. The fourth-order valence-corrected chi connectivity index (χ4v) is 3.43. The van der Waals surface area contributed by atoms with E-state index in [1.165, 1.54) is 64.6 Å². The van der Waals surface area contributed by atoms with E-state index in [1.54, 1.807) is 0 Å². The largest absolute Gasteiger partial charge is 0.306 e. The highest BCUT2D eigenvalue weighted by molar-refractivity contribution is 4.84. The molecular weight excluding hydrogens is 208 g/mol. The lowest BCUT2D eigenvalue weighted by atomic mass is 9.75. The number of hydrogen-bond donors (Lipinski definition) is 0. The lowest BCUT2D eigenvalue weighted by Crippen LogP contribution is -2.39. The topological polar surface area (TPSA) is 6.48 Å². The van der Waals surface area contributed by atoms with Crippen molar-refractivity contribution < 1.29 is 0 Å². The number of likely N-dealkylation sites (tertiary alicyclic amines) is 2. The highest BCUT2D eigenvalue weighted by Gasteiger charge is 2.30. The maximum Gasteiger partial charge on any atom is 0.00924 e. The van der Waals surface area contributed by atoms with Crippen LogP contribution in [0.25, 0.3) is 0 Å². The van der Waals surface area contributed by atoms with E-state index in [4.69, 9.17) is 0 Å². The zero-order chi connectivity index (χ0) is 12.3. The van der Waals surface area contributed by atoms with Crippen LogP contribution >= 0.6 is 0 Å². The summed E-state index contributed by atoms with van der Waals surface area (Å²) in [6.07, 6.45) is 9.97. The fraction of sp³-hybridized carbons (Fsp3) is 1.00. The minimum Gasteiger partial charge on any atom is -0.306 e. The average molecular weight is 238 g/mol. The van der Waals surface area contributed by atoms with Crippen LogP contribution in [0.5, 0.6) is 0 Å². The zero-order valence-corrected chi connectivity index (χ0v) is 12.0. The summed E-state index contributed by atoms with van der Waals surface area (Å²) in [5.41, 5.74) is 0.630. The van der Waals surface area contributed by atoms with E-state index in [2.05, 4.69) is 30.8 Å². The Balaban J connectivity index is 1.76. The SMILES string of the molecule is CN1CCC(C)(CCC2CCCCN2C)CC1. The highest BCUT2D eigenvalue weighted by Crippen LogP contribution is 2.36. The Labute approximate surface area is 107 Å². The van der Waals surface area contributed by atoms with E-state index < -0.39 is 0 Å². The monoisotopic (exact) mass is 238 g/mol. The minimum absolute atomic E-state index is 0.630. The average Bonchev–Trinajstić information content (AvgIpc) is 2.33. The molecule has 0 saturated carbocycles. The Morgan fingerprint density at radius 2 is 1.76 bits per heavy atom. The van der Waals surface area contributed by atoms with Gasteiger partial charge in [0.2, 0.25) is 0 Å². The van der Waals surface area contributed by atoms with Crippen molar-refractivity contribution in [2.75, 3.05) is 33.7 Å². The minimum atomic E-state index is 0.630. The molecule has 0 aromatic rings. The fourth-order valence-electron chi connectivity index (χ4n) is 3.43. The van der Waals surface area contributed by atoms with Crippen LogP contribution in [0.2, 0.25) is 0 Å². The summed E-state index contributed by atoms with van der Waals surface area (Å²) >= 11 is 0. The molecule has 2 rings (SSSR count). The number of hydrogen-bond acceptors (Lipinski definition) is 2. The molecule has 0 spiro atoms. The zero-order valence-electron chi connectivity index (χ0n) is 12.0. The van der Waals surface area contributed by atoms with E-state index >= 15 is 0 Å². The van der Waals surface area contributed by atoms with Gasteiger partial charge in [0.05, 0.1) is 0 Å². The van der Waals surface area contributed by atoms with Crippen LogP contribution in [0.3, 0.4) is 0 Å². The molecule has 1 unspecified atom stereocenters. The van der Waals surface area contributed by atoms with Gasteiger partial charge < -0.3 is 9.80 Å². The van der Waals surface area contributed by atoms with Gasteiger partial charge in [-0.3, -0.25) is 0 Å². The summed E-state index contributed by atoms with van der Waals surface area (Å²) in [6, 6.07) is 0.875. The summed E-state index contributed by atoms with van der Waals surface area (Å²) in [5, 5.41) is 0. The maximum absolute atomic E-state index is 2.60. The second-order valence-corrected chi connectivity index (χ2v) is 6.78. The van der Waals surface area contributed by atoms with Crippen LogP contribution in [0.4, 0.5) is 0 Å². The van der Waals surface area contributed by atoms with Gasteiger partial charge in [-0.25, -0.2) is 0 Å². The van der Waals surface area contributed by atoms with Crippen LogP contribution in [0, 0.1) is 5.41 Å². The Kier molecular flexibility index (Phi) is 4.48. The Hall–Kier alpha value is -0.0800. The molecule has 0 aliphatic carbocycles. The summed E-state index contributed by atoms with van der Waals surface area (Å²) in [4.78, 5) is 5.08. The van der Waals surface area contributed by atoms with Gasteiger partial charge in [0.1, 0.15) is 0 Å². The van der Waals surface area contributed by atoms with Crippen LogP contribution in [0.1, 0.15) is 51.9 Å². The second kappa shape index (κ2) is 5.71. The van der Waals surface area contributed by atoms with Gasteiger partial charge in [-0.2, -0.15) is 0 Å². The van der Waals surface area contributed by atoms with E-state index in [0.717, 1.165) is 6.04 Å². The molecule has 2 nitrogen and oxygen atoms in total. The van der Waals surface area contributed by atoms with E-state index in [0.29, 0.717) is 5.41 Å². The molecule has 0 amide bonds. The third kappa shape index (κ3) is 3.69. The smallest absolute Gasteiger partial charge is 0.00924 e. The van der Waals surface area contributed by atoms with Gasteiger partial charge in [0, 0.05) is 6.04 Å². The molecule has 2 fully saturated rings. The molecule has 2 saturated heterocycles. The van der Waals surface area contributed by atoms with Crippen molar-refractivity contribution >= 4 is 0 Å². The Morgan fingerprint density at radius 3 is 2.41 bits per heavy atom. The van der Waals surface area contributed by atoms with Crippen molar-refractivity contribution in [2.24, 2.45) is 5.41 Å². The normalized spacial score (nSPS) is 31.6. The molecule has 0 aromatic carbocycles. The Bertz CT molecular complexity index is 231. The van der Waals surface area contributed by atoms with Gasteiger partial charge in [-0.1, -0.05) is 13.3 Å². The van der Waals surface area contributed by atoms with Crippen LogP contribution in [-0.2, 0) is 0 Å². The third-order valence-corrected chi connectivity index (χ3v) is 5.20.